The van der Waals surface area contributed by atoms with Gasteiger partial charge in [0.05, 0.1) is 13.2 Å². The van der Waals surface area contributed by atoms with Gasteiger partial charge in [0.25, 0.3) is 0 Å². The van der Waals surface area contributed by atoms with Crippen LogP contribution in [0.3, 0.4) is 0 Å². The summed E-state index contributed by atoms with van der Waals surface area (Å²) in [6.07, 6.45) is 0. The van der Waals surface area contributed by atoms with Crippen molar-refractivity contribution in [1.82, 2.24) is 5.32 Å². The van der Waals surface area contributed by atoms with Gasteiger partial charge in [-0.2, -0.15) is 0 Å². The van der Waals surface area contributed by atoms with Crippen LogP contribution in [0.4, 0.5) is 0 Å². The molecule has 3 heteroatoms. The molecule has 1 aromatic carbocycles. The van der Waals surface area contributed by atoms with Crippen LogP contribution < -0.4 is 10.1 Å². The Balaban J connectivity index is 2.50. The lowest BCUT2D eigenvalue weighted by atomic mass is 10.0. The number of rotatable bonds is 9. The molecule has 0 aliphatic carbocycles. The van der Waals surface area contributed by atoms with E-state index in [0.29, 0.717) is 18.6 Å². The maximum absolute atomic E-state index is 5.52. The Kier molecular flexibility index (Phi) is 7.53. The van der Waals surface area contributed by atoms with Crippen LogP contribution in [0.15, 0.2) is 24.3 Å². The van der Waals surface area contributed by atoms with Gasteiger partial charge in [-0.15, -0.1) is 0 Å². The van der Waals surface area contributed by atoms with Gasteiger partial charge in [0.15, 0.2) is 0 Å². The Morgan fingerprint density at radius 2 is 1.95 bits per heavy atom. The molecule has 0 radical (unpaired) electrons. The second kappa shape index (κ2) is 8.94. The van der Waals surface area contributed by atoms with Crippen molar-refractivity contribution in [2.75, 3.05) is 19.8 Å². The predicted octanol–water partition coefficient (Wildman–Crippen LogP) is 3.24. The highest BCUT2D eigenvalue weighted by atomic mass is 16.5. The molecule has 0 aromatic heterocycles. The largest absolute Gasteiger partial charge is 0.494 e. The van der Waals surface area contributed by atoms with E-state index in [1.54, 1.807) is 0 Å². The van der Waals surface area contributed by atoms with Crippen LogP contribution in [0.25, 0.3) is 0 Å². The molecule has 1 aromatic rings. The zero-order valence-electron chi connectivity index (χ0n) is 12.6. The van der Waals surface area contributed by atoms with E-state index in [1.165, 1.54) is 5.56 Å². The van der Waals surface area contributed by atoms with E-state index in [1.807, 2.05) is 26.0 Å². The molecule has 0 saturated heterocycles. The number of nitrogens with one attached hydrogen (secondary N) is 1. The normalized spacial score (nSPS) is 12.7. The summed E-state index contributed by atoms with van der Waals surface area (Å²) in [7, 11) is 0. The maximum atomic E-state index is 5.52. The minimum atomic E-state index is 0.385. The van der Waals surface area contributed by atoms with Crippen LogP contribution in [-0.2, 0) is 11.3 Å². The Bertz CT molecular complexity index is 352. The molecule has 19 heavy (non-hydrogen) atoms. The topological polar surface area (TPSA) is 30.5 Å². The highest BCUT2D eigenvalue weighted by molar-refractivity contribution is 5.28. The summed E-state index contributed by atoms with van der Waals surface area (Å²) < 4.78 is 11.0. The summed E-state index contributed by atoms with van der Waals surface area (Å²) in [6, 6.07) is 8.63. The summed E-state index contributed by atoms with van der Waals surface area (Å²) in [5.74, 6) is 1.49. The van der Waals surface area contributed by atoms with E-state index in [2.05, 4.69) is 31.3 Å². The fourth-order valence-electron chi connectivity index (χ4n) is 1.89. The van der Waals surface area contributed by atoms with Crippen LogP contribution >= 0.6 is 0 Å². The highest BCUT2D eigenvalue weighted by Crippen LogP contribution is 2.13. The summed E-state index contributed by atoms with van der Waals surface area (Å²) in [6.45, 7) is 11.5. The van der Waals surface area contributed by atoms with Gasteiger partial charge in [0, 0.05) is 19.2 Å². The Labute approximate surface area is 117 Å². The fraction of sp³-hybridized carbons (Fsp3) is 0.625. The van der Waals surface area contributed by atoms with Crippen LogP contribution in [0.5, 0.6) is 5.75 Å². The molecule has 0 heterocycles. The van der Waals surface area contributed by atoms with E-state index < -0.39 is 0 Å². The standard InChI is InChI=1S/C16H27NO2/c1-5-18-12-16(13(3)4)17-11-14-8-7-9-15(10-14)19-6-2/h7-10,13,16-17H,5-6,11-12H2,1-4H3. The van der Waals surface area contributed by atoms with Crippen molar-refractivity contribution < 1.29 is 9.47 Å². The van der Waals surface area contributed by atoms with Crippen molar-refractivity contribution in [2.45, 2.75) is 40.3 Å². The molecule has 0 spiro atoms. The lowest BCUT2D eigenvalue weighted by Crippen LogP contribution is -2.37. The number of hydrogen-bond donors (Lipinski definition) is 1. The summed E-state index contributed by atoms with van der Waals surface area (Å²) in [5, 5.41) is 3.56. The van der Waals surface area contributed by atoms with Crippen molar-refractivity contribution in [3.05, 3.63) is 29.8 Å². The average Bonchev–Trinajstić information content (AvgIpc) is 2.39. The first-order chi connectivity index (χ1) is 9.17. The molecule has 0 saturated carbocycles. The number of ether oxygens (including phenoxy) is 2. The molecular formula is C16H27NO2. The van der Waals surface area contributed by atoms with Gasteiger partial charge >= 0.3 is 0 Å². The third-order valence-electron chi connectivity index (χ3n) is 3.08. The van der Waals surface area contributed by atoms with E-state index in [4.69, 9.17) is 9.47 Å². The van der Waals surface area contributed by atoms with Gasteiger partial charge in [0.1, 0.15) is 5.75 Å². The minimum Gasteiger partial charge on any atom is -0.494 e. The SMILES string of the molecule is CCOCC(NCc1cccc(OCC)c1)C(C)C. The highest BCUT2D eigenvalue weighted by Gasteiger charge is 2.12. The van der Waals surface area contributed by atoms with Crippen LogP contribution in [0.1, 0.15) is 33.3 Å². The van der Waals surface area contributed by atoms with Gasteiger partial charge < -0.3 is 14.8 Å². The third-order valence-corrected chi connectivity index (χ3v) is 3.08. The smallest absolute Gasteiger partial charge is 0.119 e. The number of hydrogen-bond acceptors (Lipinski definition) is 3. The van der Waals surface area contributed by atoms with Crippen LogP contribution in [0.2, 0.25) is 0 Å². The van der Waals surface area contributed by atoms with Gasteiger partial charge in [-0.1, -0.05) is 26.0 Å². The third kappa shape index (κ3) is 6.08. The first-order valence-corrected chi connectivity index (χ1v) is 7.20. The number of benzene rings is 1. The van der Waals surface area contributed by atoms with Crippen molar-refractivity contribution in [1.29, 1.82) is 0 Å². The molecule has 0 amide bonds. The van der Waals surface area contributed by atoms with E-state index >= 15 is 0 Å². The first kappa shape index (κ1) is 16.0. The van der Waals surface area contributed by atoms with Gasteiger partial charge in [-0.25, -0.2) is 0 Å². The molecule has 0 aliphatic heterocycles. The lowest BCUT2D eigenvalue weighted by molar-refractivity contribution is 0.108. The monoisotopic (exact) mass is 265 g/mol. The Morgan fingerprint density at radius 3 is 2.58 bits per heavy atom. The van der Waals surface area contributed by atoms with Crippen LogP contribution in [-0.4, -0.2) is 25.9 Å². The zero-order valence-corrected chi connectivity index (χ0v) is 12.6. The van der Waals surface area contributed by atoms with Crippen molar-refractivity contribution in [3.63, 3.8) is 0 Å². The molecule has 1 rings (SSSR count). The second-order valence-electron chi connectivity index (χ2n) is 4.97. The van der Waals surface area contributed by atoms with Gasteiger partial charge in [-0.3, -0.25) is 0 Å². The predicted molar refractivity (Wildman–Crippen MR) is 79.6 cm³/mol. The van der Waals surface area contributed by atoms with E-state index in [-0.39, 0.29) is 0 Å². The molecule has 0 bridgehead atoms. The van der Waals surface area contributed by atoms with Crippen molar-refractivity contribution in [2.24, 2.45) is 5.92 Å². The zero-order chi connectivity index (χ0) is 14.1. The van der Waals surface area contributed by atoms with Gasteiger partial charge in [-0.05, 0) is 37.5 Å². The summed E-state index contributed by atoms with van der Waals surface area (Å²) in [5.41, 5.74) is 1.24. The van der Waals surface area contributed by atoms with Crippen LogP contribution in [0, 0.1) is 5.92 Å². The maximum Gasteiger partial charge on any atom is 0.119 e. The molecule has 3 nitrogen and oxygen atoms in total. The molecule has 0 fully saturated rings. The molecule has 1 unspecified atom stereocenters. The fourth-order valence-corrected chi connectivity index (χ4v) is 1.89. The lowest BCUT2D eigenvalue weighted by Gasteiger charge is -2.22. The molecule has 0 aliphatic rings. The Morgan fingerprint density at radius 1 is 1.16 bits per heavy atom. The molecule has 108 valence electrons. The Hall–Kier alpha value is -1.06. The van der Waals surface area contributed by atoms with Crippen molar-refractivity contribution >= 4 is 0 Å². The van der Waals surface area contributed by atoms with E-state index in [9.17, 15) is 0 Å². The quantitative estimate of drug-likeness (QED) is 0.743. The summed E-state index contributed by atoms with van der Waals surface area (Å²) in [4.78, 5) is 0. The average molecular weight is 265 g/mol. The molecular weight excluding hydrogens is 238 g/mol. The second-order valence-corrected chi connectivity index (χ2v) is 4.97. The van der Waals surface area contributed by atoms with E-state index in [0.717, 1.165) is 25.5 Å². The first-order valence-electron chi connectivity index (χ1n) is 7.20. The van der Waals surface area contributed by atoms with Gasteiger partial charge in [0.2, 0.25) is 0 Å². The summed E-state index contributed by atoms with van der Waals surface area (Å²) >= 11 is 0. The van der Waals surface area contributed by atoms with Crippen molar-refractivity contribution in [3.8, 4) is 5.75 Å². The minimum absolute atomic E-state index is 0.385. The molecule has 1 N–H and O–H groups in total. The molecule has 1 atom stereocenters.